The number of rotatable bonds is 7. The van der Waals surface area contributed by atoms with Crippen molar-refractivity contribution in [2.75, 3.05) is 23.9 Å². The first-order chi connectivity index (χ1) is 8.85. The third-order valence-corrected chi connectivity index (χ3v) is 3.48. The lowest BCUT2D eigenvalue weighted by atomic mass is 10.1. The average molecular weight is 285 g/mol. The molecule has 0 spiro atoms. The minimum absolute atomic E-state index is 0.142. The van der Waals surface area contributed by atoms with Crippen LogP contribution in [0.3, 0.4) is 0 Å². The summed E-state index contributed by atoms with van der Waals surface area (Å²) in [6.07, 6.45) is 5.23. The molecule has 0 saturated heterocycles. The molecule has 0 aliphatic carbocycles. The zero-order chi connectivity index (χ0) is 14.5. The number of hydrogen-bond donors (Lipinski definition) is 2. The molecule has 5 nitrogen and oxygen atoms in total. The van der Waals surface area contributed by atoms with Crippen molar-refractivity contribution in [1.29, 1.82) is 0 Å². The molecule has 0 amide bonds. The largest absolute Gasteiger partial charge is 0.387 e. The van der Waals surface area contributed by atoms with Gasteiger partial charge in [0.1, 0.15) is 0 Å². The van der Waals surface area contributed by atoms with Crippen LogP contribution in [0.5, 0.6) is 0 Å². The van der Waals surface area contributed by atoms with Crippen LogP contribution in [0.15, 0.2) is 17.2 Å². The third-order valence-electron chi connectivity index (χ3n) is 2.57. The van der Waals surface area contributed by atoms with Gasteiger partial charge in [-0.25, -0.2) is 4.98 Å². The van der Waals surface area contributed by atoms with Crippen molar-refractivity contribution in [3.05, 3.63) is 22.7 Å². The van der Waals surface area contributed by atoms with E-state index in [-0.39, 0.29) is 5.56 Å². The second-order valence-corrected chi connectivity index (χ2v) is 6.28. The van der Waals surface area contributed by atoms with Crippen molar-refractivity contribution in [3.8, 4) is 0 Å². The fourth-order valence-electron chi connectivity index (χ4n) is 1.74. The minimum atomic E-state index is -0.855. The molecule has 2 N–H and O–H groups in total. The molecule has 0 aliphatic heterocycles. The van der Waals surface area contributed by atoms with Gasteiger partial charge in [-0.05, 0) is 19.1 Å². The van der Waals surface area contributed by atoms with E-state index >= 15 is 0 Å². The van der Waals surface area contributed by atoms with Crippen LogP contribution in [0.1, 0.15) is 20.8 Å². The van der Waals surface area contributed by atoms with Crippen molar-refractivity contribution in [2.24, 2.45) is 5.92 Å². The summed E-state index contributed by atoms with van der Waals surface area (Å²) in [4.78, 5) is 16.2. The summed E-state index contributed by atoms with van der Waals surface area (Å²) in [6, 6.07) is 0. The summed E-state index contributed by atoms with van der Waals surface area (Å²) in [5.41, 5.74) is -0.997. The zero-order valence-electron chi connectivity index (χ0n) is 12.0. The van der Waals surface area contributed by atoms with Crippen LogP contribution < -0.4 is 10.9 Å². The maximum Gasteiger partial charge on any atom is 0.293 e. The van der Waals surface area contributed by atoms with Gasteiger partial charge < -0.3 is 15.0 Å². The predicted octanol–water partition coefficient (Wildman–Crippen LogP) is 1.43. The standard InChI is InChI=1S/C13H23N3O2S/c1-10(2)7-16-6-5-14-11(12(16)17)15-8-13(3,18)9-19-4/h5-6,10,18H,7-9H2,1-4H3,(H,14,15). The molecule has 1 rings (SSSR count). The topological polar surface area (TPSA) is 67.2 Å². The highest BCUT2D eigenvalue weighted by Gasteiger charge is 2.20. The molecule has 108 valence electrons. The van der Waals surface area contributed by atoms with Crippen molar-refractivity contribution >= 4 is 17.6 Å². The first kappa shape index (κ1) is 16.0. The Labute approximate surface area is 118 Å². The summed E-state index contributed by atoms with van der Waals surface area (Å²) >= 11 is 1.57. The van der Waals surface area contributed by atoms with Gasteiger partial charge in [-0.15, -0.1) is 0 Å². The molecule has 1 heterocycles. The van der Waals surface area contributed by atoms with Gasteiger partial charge in [0, 0.05) is 31.2 Å². The highest BCUT2D eigenvalue weighted by atomic mass is 32.2. The summed E-state index contributed by atoms with van der Waals surface area (Å²) < 4.78 is 1.64. The quantitative estimate of drug-likeness (QED) is 0.793. The van der Waals surface area contributed by atoms with Crippen LogP contribution in [-0.4, -0.2) is 38.8 Å². The minimum Gasteiger partial charge on any atom is -0.387 e. The molecule has 1 aromatic rings. The second-order valence-electron chi connectivity index (χ2n) is 5.41. The monoisotopic (exact) mass is 285 g/mol. The third kappa shape index (κ3) is 5.24. The van der Waals surface area contributed by atoms with E-state index < -0.39 is 5.60 Å². The van der Waals surface area contributed by atoms with Crippen LogP contribution in [0.2, 0.25) is 0 Å². The van der Waals surface area contributed by atoms with Crippen LogP contribution in [-0.2, 0) is 6.54 Å². The lowest BCUT2D eigenvalue weighted by Gasteiger charge is -2.22. The Kier molecular flexibility index (Phi) is 5.87. The Balaban J connectivity index is 2.77. The van der Waals surface area contributed by atoms with E-state index in [4.69, 9.17) is 0 Å². The molecule has 0 saturated carbocycles. The average Bonchev–Trinajstić information content (AvgIpc) is 2.29. The maximum absolute atomic E-state index is 12.1. The normalized spacial score (nSPS) is 14.4. The molecule has 0 fully saturated rings. The summed E-state index contributed by atoms with van der Waals surface area (Å²) in [5.74, 6) is 1.30. The van der Waals surface area contributed by atoms with Gasteiger partial charge in [-0.3, -0.25) is 4.79 Å². The number of anilines is 1. The van der Waals surface area contributed by atoms with Crippen molar-refractivity contribution in [3.63, 3.8) is 0 Å². The van der Waals surface area contributed by atoms with Gasteiger partial charge in [-0.1, -0.05) is 13.8 Å². The summed E-state index contributed by atoms with van der Waals surface area (Å²) in [5, 5.41) is 13.0. The molecule has 0 aromatic carbocycles. The Hall–Kier alpha value is -1.01. The Morgan fingerprint density at radius 3 is 2.84 bits per heavy atom. The van der Waals surface area contributed by atoms with Gasteiger partial charge in [0.2, 0.25) is 0 Å². The molecule has 1 aromatic heterocycles. The van der Waals surface area contributed by atoms with Crippen LogP contribution in [0, 0.1) is 5.92 Å². The highest BCUT2D eigenvalue weighted by Crippen LogP contribution is 2.10. The Bertz CT molecular complexity index is 457. The molecule has 0 radical (unpaired) electrons. The first-order valence-electron chi connectivity index (χ1n) is 6.36. The van der Waals surface area contributed by atoms with E-state index in [9.17, 15) is 9.90 Å². The molecular formula is C13H23N3O2S. The summed E-state index contributed by atoms with van der Waals surface area (Å²) in [6.45, 7) is 6.83. The Morgan fingerprint density at radius 1 is 1.58 bits per heavy atom. The fourth-order valence-corrected chi connectivity index (χ4v) is 2.47. The first-order valence-corrected chi connectivity index (χ1v) is 7.76. The highest BCUT2D eigenvalue weighted by molar-refractivity contribution is 7.98. The number of nitrogens with zero attached hydrogens (tertiary/aromatic N) is 2. The lowest BCUT2D eigenvalue weighted by Crippen LogP contribution is -2.38. The van der Waals surface area contributed by atoms with Gasteiger partial charge in [0.05, 0.1) is 5.60 Å². The zero-order valence-corrected chi connectivity index (χ0v) is 12.8. The molecule has 0 aliphatic rings. The molecular weight excluding hydrogens is 262 g/mol. The summed E-state index contributed by atoms with van der Waals surface area (Å²) in [7, 11) is 0. The van der Waals surface area contributed by atoms with E-state index in [1.807, 2.05) is 6.26 Å². The Morgan fingerprint density at radius 2 is 2.26 bits per heavy atom. The SMILES string of the molecule is CSCC(C)(O)CNc1nccn(CC(C)C)c1=O. The number of thioether (sulfide) groups is 1. The van der Waals surface area contributed by atoms with E-state index in [1.165, 1.54) is 0 Å². The van der Waals surface area contributed by atoms with Gasteiger partial charge >= 0.3 is 0 Å². The van der Waals surface area contributed by atoms with Crippen LogP contribution >= 0.6 is 11.8 Å². The van der Waals surface area contributed by atoms with E-state index in [0.29, 0.717) is 30.6 Å². The van der Waals surface area contributed by atoms with Crippen molar-refractivity contribution in [2.45, 2.75) is 32.9 Å². The molecule has 1 atom stereocenters. The second kappa shape index (κ2) is 6.96. The van der Waals surface area contributed by atoms with Gasteiger partial charge in [0.15, 0.2) is 5.82 Å². The lowest BCUT2D eigenvalue weighted by molar-refractivity contribution is 0.0996. The van der Waals surface area contributed by atoms with Crippen molar-refractivity contribution < 1.29 is 5.11 Å². The van der Waals surface area contributed by atoms with Crippen LogP contribution in [0.25, 0.3) is 0 Å². The molecule has 0 bridgehead atoms. The maximum atomic E-state index is 12.1. The van der Waals surface area contributed by atoms with Gasteiger partial charge in [-0.2, -0.15) is 11.8 Å². The van der Waals surface area contributed by atoms with Gasteiger partial charge in [0.25, 0.3) is 5.56 Å². The molecule has 6 heteroatoms. The number of nitrogens with one attached hydrogen (secondary N) is 1. The van der Waals surface area contributed by atoms with E-state index in [0.717, 1.165) is 0 Å². The number of aromatic nitrogens is 2. The molecule has 19 heavy (non-hydrogen) atoms. The molecule has 1 unspecified atom stereocenters. The fraction of sp³-hybridized carbons (Fsp3) is 0.692. The predicted molar refractivity (Wildman–Crippen MR) is 80.8 cm³/mol. The van der Waals surface area contributed by atoms with Crippen molar-refractivity contribution in [1.82, 2.24) is 9.55 Å². The van der Waals surface area contributed by atoms with Crippen LogP contribution in [0.4, 0.5) is 5.82 Å². The van der Waals surface area contributed by atoms with E-state index in [1.54, 1.807) is 35.6 Å². The number of hydrogen-bond acceptors (Lipinski definition) is 5. The number of aliphatic hydroxyl groups is 1. The van der Waals surface area contributed by atoms with E-state index in [2.05, 4.69) is 24.1 Å². The smallest absolute Gasteiger partial charge is 0.293 e.